The van der Waals surface area contributed by atoms with Crippen LogP contribution < -0.4 is 14.4 Å². The summed E-state index contributed by atoms with van der Waals surface area (Å²) in [5.74, 6) is -0.257. The maximum Gasteiger partial charge on any atom is 0.338 e. The second-order valence-corrected chi connectivity index (χ2v) is 12.7. The van der Waals surface area contributed by atoms with Gasteiger partial charge in [-0.2, -0.15) is 0 Å². The predicted molar refractivity (Wildman–Crippen MR) is 170 cm³/mol. The highest BCUT2D eigenvalue weighted by Crippen LogP contribution is 2.40. The molecule has 5 rings (SSSR count). The lowest BCUT2D eigenvalue weighted by atomic mass is 9.91. The number of fused-ring (bicyclic) bond motifs is 2. The Morgan fingerprint density at radius 1 is 0.826 bits per heavy atom. The van der Waals surface area contributed by atoms with E-state index in [0.717, 1.165) is 23.1 Å². The number of esters is 2. The molecule has 11 heteroatoms. The Morgan fingerprint density at radius 2 is 1.37 bits per heavy atom. The zero-order valence-electron chi connectivity index (χ0n) is 28.3. The monoisotopic (exact) mass is 639 g/mol. The molecule has 2 aromatic carbocycles. The molecule has 0 atom stereocenters. The van der Waals surface area contributed by atoms with Crippen molar-refractivity contribution in [2.75, 3.05) is 38.9 Å². The fraction of sp³-hybridized carbons (Fsp3) is 0.543. The third kappa shape index (κ3) is 7.05. The van der Waals surface area contributed by atoms with Crippen molar-refractivity contribution in [1.82, 2.24) is 0 Å². The molecule has 0 saturated carbocycles. The lowest BCUT2D eigenvalue weighted by Crippen LogP contribution is -2.53. The fourth-order valence-corrected chi connectivity index (χ4v) is 5.80. The second kappa shape index (κ2) is 13.4. The van der Waals surface area contributed by atoms with Gasteiger partial charge >= 0.3 is 11.9 Å². The van der Waals surface area contributed by atoms with E-state index in [1.807, 2.05) is 20.8 Å². The first-order valence-corrected chi connectivity index (χ1v) is 15.5. The molecular weight excluding hydrogens is 594 g/mol. The van der Waals surface area contributed by atoms with E-state index in [9.17, 15) is 19.2 Å². The quantitative estimate of drug-likeness (QED) is 0.369. The first kappa shape index (κ1) is 34.9. The molecule has 11 nitrogen and oxygen atoms in total. The number of aryl methyl sites for hydroxylation is 2. The number of carbonyl (C=O) groups is 4. The Hall–Kier alpha value is -3.96. The maximum absolute atomic E-state index is 13.0. The average molecular weight is 640 g/mol. The van der Waals surface area contributed by atoms with Crippen LogP contribution in [0.1, 0.15) is 91.3 Å². The van der Waals surface area contributed by atoms with Gasteiger partial charge in [-0.05, 0) is 89.8 Å². The molecule has 3 heterocycles. The topological polar surface area (TPSA) is 127 Å². The highest BCUT2D eigenvalue weighted by molar-refractivity contribution is 6.04. The van der Waals surface area contributed by atoms with Gasteiger partial charge in [0.15, 0.2) is 22.8 Å². The smallest absolute Gasteiger partial charge is 0.338 e. The zero-order valence-corrected chi connectivity index (χ0v) is 28.3. The van der Waals surface area contributed by atoms with Crippen LogP contribution in [-0.2, 0) is 35.0 Å². The number of rotatable bonds is 7. The molecule has 0 unspecified atom stereocenters. The minimum atomic E-state index is -0.977. The molecule has 2 aromatic rings. The van der Waals surface area contributed by atoms with Crippen molar-refractivity contribution in [3.8, 4) is 11.5 Å². The van der Waals surface area contributed by atoms with Gasteiger partial charge in [0.05, 0.1) is 44.2 Å². The molecule has 3 aliphatic rings. The molecule has 46 heavy (non-hydrogen) atoms. The number of ether oxygens (including phenoxy) is 6. The normalized spacial score (nSPS) is 18.7. The number of hydrogen-bond acceptors (Lipinski definition) is 10. The van der Waals surface area contributed by atoms with Gasteiger partial charge < -0.3 is 33.3 Å². The summed E-state index contributed by atoms with van der Waals surface area (Å²) in [6.07, 6.45) is 2.45. The van der Waals surface area contributed by atoms with E-state index >= 15 is 0 Å². The van der Waals surface area contributed by atoms with Gasteiger partial charge in [0.25, 0.3) is 5.91 Å². The summed E-state index contributed by atoms with van der Waals surface area (Å²) in [5, 5.41) is 0. The lowest BCUT2D eigenvalue weighted by Gasteiger charge is -2.39. The fourth-order valence-electron chi connectivity index (χ4n) is 5.80. The number of nitrogens with zero attached hydrogens (tertiary/aromatic N) is 1. The molecule has 0 bridgehead atoms. The summed E-state index contributed by atoms with van der Waals surface area (Å²) in [7, 11) is 2.68. The Bertz CT molecular complexity index is 1520. The van der Waals surface area contributed by atoms with Gasteiger partial charge in [-0.1, -0.05) is 6.92 Å². The van der Waals surface area contributed by atoms with Gasteiger partial charge in [-0.3, -0.25) is 9.59 Å². The lowest BCUT2D eigenvalue weighted by molar-refractivity contribution is -0.164. The van der Waals surface area contributed by atoms with Crippen LogP contribution in [0.3, 0.4) is 0 Å². The number of anilines is 1. The van der Waals surface area contributed by atoms with E-state index in [1.165, 1.54) is 14.2 Å². The molecule has 1 fully saturated rings. The first-order valence-electron chi connectivity index (χ1n) is 15.5. The molecule has 0 radical (unpaired) electrons. The van der Waals surface area contributed by atoms with Crippen LogP contribution >= 0.6 is 0 Å². The van der Waals surface area contributed by atoms with E-state index in [-0.39, 0.29) is 18.1 Å². The van der Waals surface area contributed by atoms with Gasteiger partial charge in [0, 0.05) is 24.9 Å². The summed E-state index contributed by atoms with van der Waals surface area (Å²) >= 11 is 0. The van der Waals surface area contributed by atoms with E-state index in [1.54, 1.807) is 56.9 Å². The van der Waals surface area contributed by atoms with Crippen LogP contribution in [0.4, 0.5) is 5.69 Å². The summed E-state index contributed by atoms with van der Waals surface area (Å²) in [5.41, 5.74) is 1.99. The predicted octanol–water partition coefficient (Wildman–Crippen LogP) is 5.28. The third-order valence-electron chi connectivity index (χ3n) is 8.62. The second-order valence-electron chi connectivity index (χ2n) is 12.7. The summed E-state index contributed by atoms with van der Waals surface area (Å²) < 4.78 is 32.8. The standard InChI is InChI=1S/C21H29NO6.C14H16O4/c1-6-21(26-10-11-27-21)8-7-9-22-16-13-15(18(23)25-5)14(2)12-17(16)28-20(3,4)19(22)24;1-8-5-11-9(6-10(8)13(16)17-4)7-12(15)14(2,3)18-11/h12-13H,6-11H2,1-5H3;5-6H,7H2,1-4H3. The molecule has 1 amide bonds. The summed E-state index contributed by atoms with van der Waals surface area (Å²) in [4.78, 5) is 50.3. The highest BCUT2D eigenvalue weighted by atomic mass is 16.7. The van der Waals surface area contributed by atoms with Crippen LogP contribution in [-0.4, -0.2) is 74.6 Å². The number of ketones is 1. The molecule has 0 spiro atoms. The van der Waals surface area contributed by atoms with E-state index in [4.69, 9.17) is 28.4 Å². The van der Waals surface area contributed by atoms with E-state index in [0.29, 0.717) is 60.9 Å². The molecule has 1 saturated heterocycles. The summed E-state index contributed by atoms with van der Waals surface area (Å²) in [6.45, 7) is 14.4. The van der Waals surface area contributed by atoms with E-state index < -0.39 is 28.9 Å². The maximum atomic E-state index is 13.0. The Balaban J connectivity index is 0.000000230. The third-order valence-corrected chi connectivity index (χ3v) is 8.62. The van der Waals surface area contributed by atoms with Crippen molar-refractivity contribution in [2.24, 2.45) is 0 Å². The molecule has 3 aliphatic heterocycles. The molecule has 0 N–H and O–H groups in total. The minimum Gasteiger partial charge on any atom is -0.480 e. The van der Waals surface area contributed by atoms with Crippen LogP contribution in [0.25, 0.3) is 0 Å². The van der Waals surface area contributed by atoms with Gasteiger partial charge in [-0.25, -0.2) is 9.59 Å². The molecule has 250 valence electrons. The van der Waals surface area contributed by atoms with Gasteiger partial charge in [0.2, 0.25) is 0 Å². The van der Waals surface area contributed by atoms with Crippen LogP contribution in [0.5, 0.6) is 11.5 Å². The molecular formula is C35H45NO10. The van der Waals surface area contributed by atoms with Crippen molar-refractivity contribution in [2.45, 2.75) is 91.1 Å². The van der Waals surface area contributed by atoms with Gasteiger partial charge in [-0.15, -0.1) is 0 Å². The largest absolute Gasteiger partial charge is 0.480 e. The Labute approximate surface area is 270 Å². The van der Waals surface area contributed by atoms with Crippen molar-refractivity contribution < 1.29 is 47.6 Å². The van der Waals surface area contributed by atoms with Crippen LogP contribution in [0.2, 0.25) is 0 Å². The van der Waals surface area contributed by atoms with Gasteiger partial charge in [0.1, 0.15) is 11.5 Å². The van der Waals surface area contributed by atoms with Crippen molar-refractivity contribution in [1.29, 1.82) is 0 Å². The zero-order chi connectivity index (χ0) is 34.0. The van der Waals surface area contributed by atoms with Crippen molar-refractivity contribution in [3.63, 3.8) is 0 Å². The SMILES string of the molecule is CCC1(CCCN2C(=O)C(C)(C)Oc3cc(C)c(C(=O)OC)cc32)OCCO1.COC(=O)c1cc2c(cc1C)OC(C)(C)C(=O)C2. The van der Waals surface area contributed by atoms with Crippen LogP contribution in [0, 0.1) is 13.8 Å². The first-order chi connectivity index (χ1) is 21.6. The number of amides is 1. The van der Waals surface area contributed by atoms with Crippen molar-refractivity contribution in [3.05, 3.63) is 52.1 Å². The molecule has 0 aliphatic carbocycles. The average Bonchev–Trinajstić information content (AvgIpc) is 3.48. The Kier molecular flexibility index (Phi) is 10.2. The molecule has 0 aromatic heterocycles. The van der Waals surface area contributed by atoms with E-state index in [2.05, 4.69) is 0 Å². The van der Waals surface area contributed by atoms with Crippen molar-refractivity contribution >= 4 is 29.3 Å². The highest BCUT2D eigenvalue weighted by Gasteiger charge is 2.42. The summed E-state index contributed by atoms with van der Waals surface area (Å²) in [6, 6.07) is 6.95. The minimum absolute atomic E-state index is 0.00895. The number of carbonyl (C=O) groups excluding carboxylic acids is 4. The number of methoxy groups -OCH3 is 2. The Morgan fingerprint density at radius 3 is 1.93 bits per heavy atom. The van der Waals surface area contributed by atoms with Crippen LogP contribution in [0.15, 0.2) is 24.3 Å². The number of Topliss-reactive ketones (excluding diaryl/α,β-unsaturated/α-hetero) is 1. The number of benzene rings is 2. The number of hydrogen-bond donors (Lipinski definition) is 0.